The molecular weight excluding hydrogens is 313 g/mol. The molecule has 0 saturated carbocycles. The minimum absolute atomic E-state index is 0.107. The van der Waals surface area contributed by atoms with Gasteiger partial charge in [0.05, 0.1) is 4.90 Å². The van der Waals surface area contributed by atoms with Gasteiger partial charge in [-0.15, -0.1) is 0 Å². The summed E-state index contributed by atoms with van der Waals surface area (Å²) in [5.74, 6) is -0.355. The molecule has 0 aliphatic rings. The molecule has 21 heavy (non-hydrogen) atoms. The molecule has 0 aliphatic carbocycles. The van der Waals surface area contributed by atoms with Gasteiger partial charge in [-0.05, 0) is 42.3 Å². The smallest absolute Gasteiger partial charge is 0.207 e. The van der Waals surface area contributed by atoms with E-state index in [0.29, 0.717) is 17.0 Å². The highest BCUT2D eigenvalue weighted by atomic mass is 35.5. The molecule has 0 aromatic heterocycles. The van der Waals surface area contributed by atoms with E-state index in [-0.39, 0.29) is 10.7 Å². The minimum atomic E-state index is -3.68. The molecule has 2 aromatic carbocycles. The maximum Gasteiger partial charge on any atom is 0.241 e. The molecular formula is C15H15ClFNO2S. The van der Waals surface area contributed by atoms with E-state index in [0.717, 1.165) is 0 Å². The van der Waals surface area contributed by atoms with Crippen LogP contribution in [0.2, 0.25) is 5.02 Å². The summed E-state index contributed by atoms with van der Waals surface area (Å²) in [7, 11) is -3.68. The highest BCUT2D eigenvalue weighted by molar-refractivity contribution is 7.89. The van der Waals surface area contributed by atoms with E-state index in [4.69, 9.17) is 11.6 Å². The van der Waals surface area contributed by atoms with Gasteiger partial charge in [-0.1, -0.05) is 36.7 Å². The van der Waals surface area contributed by atoms with Gasteiger partial charge in [-0.2, -0.15) is 0 Å². The first-order valence-corrected chi connectivity index (χ1v) is 8.32. The van der Waals surface area contributed by atoms with Gasteiger partial charge in [-0.3, -0.25) is 0 Å². The van der Waals surface area contributed by atoms with Gasteiger partial charge >= 0.3 is 0 Å². The molecule has 1 atom stereocenters. The van der Waals surface area contributed by atoms with Gasteiger partial charge in [0.25, 0.3) is 0 Å². The summed E-state index contributed by atoms with van der Waals surface area (Å²) < 4.78 is 40.3. The van der Waals surface area contributed by atoms with Gasteiger partial charge in [0.1, 0.15) is 5.82 Å². The molecule has 0 bridgehead atoms. The molecule has 2 rings (SSSR count). The second-order valence-electron chi connectivity index (χ2n) is 4.59. The van der Waals surface area contributed by atoms with Crippen LogP contribution in [0.4, 0.5) is 4.39 Å². The monoisotopic (exact) mass is 327 g/mol. The van der Waals surface area contributed by atoms with Crippen molar-refractivity contribution in [2.75, 3.05) is 0 Å². The third-order valence-corrected chi connectivity index (χ3v) is 4.79. The molecule has 0 fully saturated rings. The highest BCUT2D eigenvalue weighted by Gasteiger charge is 2.20. The average Bonchev–Trinajstić information content (AvgIpc) is 2.46. The Kier molecular flexibility index (Phi) is 4.98. The summed E-state index contributed by atoms with van der Waals surface area (Å²) in [5, 5.41) is 0.354. The van der Waals surface area contributed by atoms with Crippen molar-refractivity contribution in [3.63, 3.8) is 0 Å². The Morgan fingerprint density at radius 3 is 2.43 bits per heavy atom. The zero-order chi connectivity index (χ0) is 15.5. The van der Waals surface area contributed by atoms with E-state index in [2.05, 4.69) is 4.72 Å². The third kappa shape index (κ3) is 4.03. The number of nitrogens with one attached hydrogen (secondary N) is 1. The first kappa shape index (κ1) is 15.9. The van der Waals surface area contributed by atoms with Crippen molar-refractivity contribution in [2.45, 2.75) is 24.3 Å². The zero-order valence-corrected chi connectivity index (χ0v) is 13.0. The Balaban J connectivity index is 2.27. The molecule has 0 saturated heterocycles. The van der Waals surface area contributed by atoms with Crippen molar-refractivity contribution in [3.05, 3.63) is 64.9 Å². The Morgan fingerprint density at radius 1 is 1.19 bits per heavy atom. The van der Waals surface area contributed by atoms with E-state index in [1.807, 2.05) is 6.92 Å². The molecule has 1 N–H and O–H groups in total. The Hall–Kier alpha value is -1.43. The predicted molar refractivity (Wildman–Crippen MR) is 81.2 cm³/mol. The number of benzene rings is 2. The summed E-state index contributed by atoms with van der Waals surface area (Å²) in [5.41, 5.74) is 0.713. The van der Waals surface area contributed by atoms with Crippen molar-refractivity contribution >= 4 is 21.6 Å². The highest BCUT2D eigenvalue weighted by Crippen LogP contribution is 2.22. The molecule has 0 heterocycles. The summed E-state index contributed by atoms with van der Waals surface area (Å²) in [6.07, 6.45) is 0.547. The lowest BCUT2D eigenvalue weighted by molar-refractivity contribution is 0.549. The number of sulfonamides is 1. The van der Waals surface area contributed by atoms with Crippen LogP contribution in [-0.4, -0.2) is 8.42 Å². The fourth-order valence-corrected chi connectivity index (χ4v) is 3.58. The zero-order valence-electron chi connectivity index (χ0n) is 11.4. The lowest BCUT2D eigenvalue weighted by Gasteiger charge is -2.17. The van der Waals surface area contributed by atoms with Crippen LogP contribution in [-0.2, 0) is 10.0 Å². The van der Waals surface area contributed by atoms with Crippen LogP contribution in [0, 0.1) is 5.82 Å². The average molecular weight is 328 g/mol. The van der Waals surface area contributed by atoms with E-state index < -0.39 is 16.1 Å². The van der Waals surface area contributed by atoms with E-state index >= 15 is 0 Å². The summed E-state index contributed by atoms with van der Waals surface area (Å²) >= 11 is 5.82. The number of halogens is 2. The minimum Gasteiger partial charge on any atom is -0.207 e. The molecule has 2 aromatic rings. The molecule has 1 unspecified atom stereocenters. The summed E-state index contributed by atoms with van der Waals surface area (Å²) in [4.78, 5) is 0.107. The standard InChI is InChI=1S/C15H15ClFNO2S/c1-2-15(11-6-8-13(17)9-7-11)18-21(19,20)14-5-3-4-12(16)10-14/h3-10,15,18H,2H2,1H3. The molecule has 6 heteroatoms. The van der Waals surface area contributed by atoms with Gasteiger partial charge in [-0.25, -0.2) is 17.5 Å². The topological polar surface area (TPSA) is 46.2 Å². The number of hydrogen-bond acceptors (Lipinski definition) is 2. The molecule has 0 spiro atoms. The molecule has 0 amide bonds. The molecule has 112 valence electrons. The summed E-state index contributed by atoms with van der Waals surface area (Å²) in [6.45, 7) is 1.86. The second-order valence-corrected chi connectivity index (χ2v) is 6.74. The van der Waals surface area contributed by atoms with Crippen molar-refractivity contribution < 1.29 is 12.8 Å². The predicted octanol–water partition coefficient (Wildman–Crippen LogP) is 3.91. The third-order valence-electron chi connectivity index (χ3n) is 3.08. The van der Waals surface area contributed by atoms with E-state index in [1.165, 1.54) is 24.3 Å². The SMILES string of the molecule is CCC(NS(=O)(=O)c1cccc(Cl)c1)c1ccc(F)cc1. The second kappa shape index (κ2) is 6.56. The Morgan fingerprint density at radius 2 is 1.86 bits per heavy atom. The number of rotatable bonds is 5. The van der Waals surface area contributed by atoms with Crippen LogP contribution in [0.3, 0.4) is 0 Å². The van der Waals surface area contributed by atoms with Crippen molar-refractivity contribution in [2.24, 2.45) is 0 Å². The quantitative estimate of drug-likeness (QED) is 0.905. The molecule has 3 nitrogen and oxygen atoms in total. The first-order valence-electron chi connectivity index (χ1n) is 6.45. The van der Waals surface area contributed by atoms with Gasteiger partial charge in [0.2, 0.25) is 10.0 Å². The fraction of sp³-hybridized carbons (Fsp3) is 0.200. The Bertz CT molecular complexity index is 717. The van der Waals surface area contributed by atoms with Gasteiger partial charge in [0, 0.05) is 11.1 Å². The lowest BCUT2D eigenvalue weighted by Crippen LogP contribution is -2.28. The normalized spacial score (nSPS) is 13.1. The summed E-state index contributed by atoms with van der Waals surface area (Å²) in [6, 6.07) is 11.4. The van der Waals surface area contributed by atoms with E-state index in [1.54, 1.807) is 24.3 Å². The van der Waals surface area contributed by atoms with E-state index in [9.17, 15) is 12.8 Å². The van der Waals surface area contributed by atoms with Crippen LogP contribution in [0.5, 0.6) is 0 Å². The lowest BCUT2D eigenvalue weighted by atomic mass is 10.1. The number of hydrogen-bond donors (Lipinski definition) is 1. The van der Waals surface area contributed by atoms with Gasteiger partial charge in [0.15, 0.2) is 0 Å². The van der Waals surface area contributed by atoms with Crippen LogP contribution < -0.4 is 4.72 Å². The van der Waals surface area contributed by atoms with Crippen molar-refractivity contribution in [1.29, 1.82) is 0 Å². The van der Waals surface area contributed by atoms with Crippen molar-refractivity contribution in [1.82, 2.24) is 4.72 Å². The van der Waals surface area contributed by atoms with Crippen LogP contribution in [0.1, 0.15) is 24.9 Å². The van der Waals surface area contributed by atoms with Crippen LogP contribution in [0.15, 0.2) is 53.4 Å². The fourth-order valence-electron chi connectivity index (χ4n) is 1.97. The first-order chi connectivity index (χ1) is 9.92. The largest absolute Gasteiger partial charge is 0.241 e. The maximum atomic E-state index is 12.9. The Labute approximate surface area is 128 Å². The van der Waals surface area contributed by atoms with Gasteiger partial charge < -0.3 is 0 Å². The van der Waals surface area contributed by atoms with Crippen LogP contribution in [0.25, 0.3) is 0 Å². The van der Waals surface area contributed by atoms with Crippen molar-refractivity contribution in [3.8, 4) is 0 Å². The van der Waals surface area contributed by atoms with Crippen LogP contribution >= 0.6 is 11.6 Å². The molecule has 0 aliphatic heterocycles. The maximum absolute atomic E-state index is 12.9. The molecule has 0 radical (unpaired) electrons.